The Labute approximate surface area is 223 Å². The molecule has 39 heavy (non-hydrogen) atoms. The van der Waals surface area contributed by atoms with Crippen LogP contribution in [0.1, 0.15) is 22.3 Å². The molecule has 210 valence electrons. The number of piperazine rings is 2. The number of benzene rings is 2. The van der Waals surface area contributed by atoms with Crippen LogP contribution in [0.3, 0.4) is 0 Å². The van der Waals surface area contributed by atoms with Gasteiger partial charge in [-0.3, -0.25) is 0 Å². The first-order valence-electron chi connectivity index (χ1n) is 13.0. The van der Waals surface area contributed by atoms with Gasteiger partial charge in [-0.25, -0.2) is 14.2 Å². The molecular formula is C27H32F4N6O2. The number of hydrogen-bond donors (Lipinski definition) is 2. The van der Waals surface area contributed by atoms with E-state index in [9.17, 15) is 22.4 Å². The van der Waals surface area contributed by atoms with E-state index >= 15 is 0 Å². The lowest BCUT2D eigenvalue weighted by molar-refractivity contribution is -0.189. The van der Waals surface area contributed by atoms with Crippen molar-refractivity contribution in [2.45, 2.75) is 33.5 Å². The van der Waals surface area contributed by atoms with Crippen molar-refractivity contribution in [3.8, 4) is 5.75 Å². The van der Waals surface area contributed by atoms with E-state index in [-0.39, 0.29) is 11.6 Å². The third-order valence-corrected chi connectivity index (χ3v) is 7.23. The smallest absolute Gasteiger partial charge is 0.417 e. The molecule has 0 atom stereocenters. The first-order valence-corrected chi connectivity index (χ1v) is 13.0. The lowest BCUT2D eigenvalue weighted by atomic mass is 10.1. The summed E-state index contributed by atoms with van der Waals surface area (Å²) >= 11 is 0. The molecule has 2 saturated heterocycles. The molecule has 0 spiro atoms. The Balaban J connectivity index is 1.72. The third-order valence-electron chi connectivity index (χ3n) is 7.23. The summed E-state index contributed by atoms with van der Waals surface area (Å²) in [5, 5.41) is 6.57. The van der Waals surface area contributed by atoms with Crippen molar-refractivity contribution in [2.24, 2.45) is 0 Å². The molecule has 3 aromatic rings. The number of ether oxygens (including phenoxy) is 1. The average molecular weight is 549 g/mol. The van der Waals surface area contributed by atoms with Gasteiger partial charge in [0.25, 0.3) is 0 Å². The van der Waals surface area contributed by atoms with Crippen LogP contribution in [0, 0.1) is 26.6 Å². The maximum Gasteiger partial charge on any atom is 0.491 e. The van der Waals surface area contributed by atoms with Gasteiger partial charge in [0.05, 0.1) is 12.1 Å². The minimum atomic E-state index is -5.13. The molecule has 2 aliphatic rings. The van der Waals surface area contributed by atoms with E-state index in [1.807, 2.05) is 9.47 Å². The summed E-state index contributed by atoms with van der Waals surface area (Å²) in [4.78, 5) is 21.0. The second-order valence-corrected chi connectivity index (χ2v) is 10.1. The molecule has 5 rings (SSSR count). The molecular weight excluding hydrogens is 516 g/mol. The fraction of sp³-hybridized carbons (Fsp3) is 0.481. The molecule has 0 unspecified atom stereocenters. The summed E-state index contributed by atoms with van der Waals surface area (Å²) in [6, 6.07) is 5.33. The van der Waals surface area contributed by atoms with Gasteiger partial charge in [-0.05, 0) is 49.1 Å². The van der Waals surface area contributed by atoms with E-state index in [0.29, 0.717) is 85.2 Å². The van der Waals surface area contributed by atoms with Gasteiger partial charge in [0, 0.05) is 52.4 Å². The van der Waals surface area contributed by atoms with Crippen LogP contribution >= 0.6 is 0 Å². The summed E-state index contributed by atoms with van der Waals surface area (Å²) in [5.74, 6) is -1.97. The van der Waals surface area contributed by atoms with Crippen molar-refractivity contribution < 1.29 is 27.1 Å². The maximum absolute atomic E-state index is 14.4. The molecule has 2 aromatic carbocycles. The number of nitrogens with one attached hydrogen (secondary N) is 2. The largest absolute Gasteiger partial charge is 0.491 e. The molecule has 0 saturated carbocycles. The van der Waals surface area contributed by atoms with Gasteiger partial charge in [-0.15, -0.1) is 0 Å². The number of nitrogens with zero attached hydrogens (tertiary/aromatic N) is 4. The maximum atomic E-state index is 14.4. The zero-order valence-corrected chi connectivity index (χ0v) is 22.2. The Kier molecular flexibility index (Phi) is 7.43. The van der Waals surface area contributed by atoms with E-state index in [2.05, 4.69) is 15.5 Å². The van der Waals surface area contributed by atoms with Gasteiger partial charge in [0.2, 0.25) is 5.95 Å². The highest BCUT2D eigenvalue weighted by molar-refractivity contribution is 5.97. The molecule has 2 N–H and O–H groups in total. The number of aromatic nitrogens is 2. The minimum Gasteiger partial charge on any atom is -0.417 e. The molecule has 2 aliphatic heterocycles. The summed E-state index contributed by atoms with van der Waals surface area (Å²) < 4.78 is 61.2. The van der Waals surface area contributed by atoms with Crippen molar-refractivity contribution in [2.75, 3.05) is 62.2 Å². The number of anilines is 2. The SMILES string of the molecule is Cc1cc(Cn2c(N3CCNCC3)nc3c(N4CCNCC4)c(OC(=O)C(F)(F)F)c(C)cc32)cc(C)c1F. The number of hydrogen-bond acceptors (Lipinski definition) is 7. The third kappa shape index (κ3) is 5.40. The Hall–Kier alpha value is -3.38. The van der Waals surface area contributed by atoms with E-state index in [1.165, 1.54) is 0 Å². The monoisotopic (exact) mass is 548 g/mol. The van der Waals surface area contributed by atoms with Crippen LogP contribution < -0.4 is 25.2 Å². The Morgan fingerprint density at radius 2 is 1.49 bits per heavy atom. The van der Waals surface area contributed by atoms with E-state index < -0.39 is 12.1 Å². The van der Waals surface area contributed by atoms with Crippen molar-refractivity contribution >= 4 is 28.6 Å². The van der Waals surface area contributed by atoms with Crippen molar-refractivity contribution in [1.29, 1.82) is 0 Å². The van der Waals surface area contributed by atoms with Crippen LogP contribution in [-0.2, 0) is 11.3 Å². The van der Waals surface area contributed by atoms with Crippen LogP contribution in [0.15, 0.2) is 18.2 Å². The molecule has 1 aromatic heterocycles. The number of carbonyl (C=O) groups excluding carboxylic acids is 1. The highest BCUT2D eigenvalue weighted by atomic mass is 19.4. The van der Waals surface area contributed by atoms with Crippen molar-refractivity contribution in [3.05, 3.63) is 46.3 Å². The number of alkyl halides is 3. The summed E-state index contributed by atoms with van der Waals surface area (Å²) in [6.07, 6.45) is -5.13. The number of fused-ring (bicyclic) bond motifs is 1. The van der Waals surface area contributed by atoms with Gasteiger partial charge < -0.3 is 29.7 Å². The number of esters is 1. The van der Waals surface area contributed by atoms with Crippen LogP contribution in [0.4, 0.5) is 29.2 Å². The van der Waals surface area contributed by atoms with Gasteiger partial charge >= 0.3 is 12.1 Å². The van der Waals surface area contributed by atoms with Gasteiger partial charge in [-0.2, -0.15) is 13.2 Å². The standard InChI is InChI=1S/C27H32F4N6O2/c1-16-12-19(13-17(2)21(16)28)15-37-20-14-18(3)24(39-25(38)27(29,30)31)23(35-8-4-32-5-9-35)22(20)34-26(37)36-10-6-33-7-11-36/h12-14,32-33H,4-11,15H2,1-3H3. The molecule has 0 amide bonds. The van der Waals surface area contributed by atoms with E-state index in [4.69, 9.17) is 9.72 Å². The molecule has 12 heteroatoms. The van der Waals surface area contributed by atoms with Gasteiger partial charge in [-0.1, -0.05) is 12.1 Å². The topological polar surface area (TPSA) is 74.7 Å². The minimum absolute atomic E-state index is 0.128. The zero-order chi connectivity index (χ0) is 27.9. The van der Waals surface area contributed by atoms with E-state index in [0.717, 1.165) is 18.7 Å². The second kappa shape index (κ2) is 10.6. The Bertz CT molecular complexity index is 1370. The van der Waals surface area contributed by atoms with E-state index in [1.54, 1.807) is 39.0 Å². The average Bonchev–Trinajstić information content (AvgIpc) is 3.25. The summed E-state index contributed by atoms with van der Waals surface area (Å²) in [5.41, 5.74) is 3.92. The van der Waals surface area contributed by atoms with Crippen LogP contribution in [0.2, 0.25) is 0 Å². The fourth-order valence-electron chi connectivity index (χ4n) is 5.37. The number of carbonyl (C=O) groups is 1. The predicted octanol–water partition coefficient (Wildman–Crippen LogP) is 3.44. The van der Waals surface area contributed by atoms with Crippen molar-refractivity contribution in [1.82, 2.24) is 20.2 Å². The molecule has 0 aliphatic carbocycles. The zero-order valence-electron chi connectivity index (χ0n) is 22.2. The van der Waals surface area contributed by atoms with Gasteiger partial charge in [0.1, 0.15) is 17.0 Å². The highest BCUT2D eigenvalue weighted by Gasteiger charge is 2.42. The lowest BCUT2D eigenvalue weighted by Gasteiger charge is -2.31. The predicted molar refractivity (Wildman–Crippen MR) is 141 cm³/mol. The molecule has 2 fully saturated rings. The van der Waals surface area contributed by atoms with Crippen LogP contribution in [0.25, 0.3) is 11.0 Å². The molecule has 8 nitrogen and oxygen atoms in total. The Morgan fingerprint density at radius 3 is 2.05 bits per heavy atom. The normalized spacial score (nSPS) is 16.7. The van der Waals surface area contributed by atoms with Crippen LogP contribution in [-0.4, -0.2) is 74.1 Å². The molecule has 0 bridgehead atoms. The van der Waals surface area contributed by atoms with Crippen molar-refractivity contribution in [3.63, 3.8) is 0 Å². The second-order valence-electron chi connectivity index (χ2n) is 10.1. The number of halogens is 4. The number of aryl methyl sites for hydroxylation is 3. The van der Waals surface area contributed by atoms with Crippen LogP contribution in [0.5, 0.6) is 5.75 Å². The molecule has 3 heterocycles. The lowest BCUT2D eigenvalue weighted by Crippen LogP contribution is -2.44. The summed E-state index contributed by atoms with van der Waals surface area (Å²) in [6.45, 7) is 10.7. The first-order chi connectivity index (χ1) is 18.5. The molecule has 0 radical (unpaired) electrons. The number of imidazole rings is 1. The Morgan fingerprint density at radius 1 is 0.923 bits per heavy atom. The fourth-order valence-corrected chi connectivity index (χ4v) is 5.37. The number of rotatable bonds is 5. The highest BCUT2D eigenvalue weighted by Crippen LogP contribution is 2.42. The van der Waals surface area contributed by atoms with Gasteiger partial charge in [0.15, 0.2) is 5.75 Å². The quantitative estimate of drug-likeness (QED) is 0.288. The first kappa shape index (κ1) is 27.2. The summed E-state index contributed by atoms with van der Waals surface area (Å²) in [7, 11) is 0.